The Morgan fingerprint density at radius 3 is 2.08 bits per heavy atom. The molecule has 36 heavy (non-hydrogen) atoms. The molecule has 0 atom stereocenters. The summed E-state index contributed by atoms with van der Waals surface area (Å²) in [4.78, 5) is 34.8. The molecule has 3 N–H and O–H groups in total. The zero-order chi connectivity index (χ0) is 26.8. The van der Waals surface area contributed by atoms with E-state index in [-0.39, 0.29) is 35.5 Å². The van der Waals surface area contributed by atoms with E-state index in [4.69, 9.17) is 9.84 Å². The van der Waals surface area contributed by atoms with Gasteiger partial charge in [0.25, 0.3) is 0 Å². The number of nitrogens with one attached hydrogen (secondary N) is 2. The lowest BCUT2D eigenvalue weighted by atomic mass is 9.89. The Labute approximate surface area is 211 Å². The molecule has 1 aromatic heterocycles. The van der Waals surface area contributed by atoms with Crippen LogP contribution in [-0.2, 0) is 25.7 Å². The molecule has 0 bridgehead atoms. The van der Waals surface area contributed by atoms with Crippen molar-refractivity contribution in [1.82, 2.24) is 31.0 Å². The summed E-state index contributed by atoms with van der Waals surface area (Å²) < 4.78 is 5.87. The average Bonchev–Trinajstić information content (AvgIpc) is 2.80. The van der Waals surface area contributed by atoms with Crippen molar-refractivity contribution in [2.24, 2.45) is 10.8 Å². The van der Waals surface area contributed by atoms with Crippen molar-refractivity contribution in [3.8, 4) is 11.4 Å². The highest BCUT2D eigenvalue weighted by atomic mass is 16.5. The molecule has 2 rings (SSSR count). The number of aryl methyl sites for hydroxylation is 1. The van der Waals surface area contributed by atoms with Gasteiger partial charge < -0.3 is 20.5 Å². The fraction of sp³-hybridized carbons (Fsp3) is 0.560. The largest absolute Gasteiger partial charge is 0.481 e. The molecule has 0 aliphatic heterocycles. The highest BCUT2D eigenvalue weighted by Gasteiger charge is 2.25. The minimum atomic E-state index is -0.999. The van der Waals surface area contributed by atoms with Crippen LogP contribution in [0.2, 0.25) is 0 Å². The number of rotatable bonds is 14. The lowest BCUT2D eigenvalue weighted by Crippen LogP contribution is -2.38. The van der Waals surface area contributed by atoms with Gasteiger partial charge in [0.2, 0.25) is 17.6 Å². The second-order valence-corrected chi connectivity index (χ2v) is 10.4. The second kappa shape index (κ2) is 13.0. The molecule has 0 fully saturated rings. The Hall–Kier alpha value is -3.47. The molecule has 2 aromatic rings. The first-order chi connectivity index (χ1) is 16.8. The first-order valence-corrected chi connectivity index (χ1v) is 11.8. The first-order valence-electron chi connectivity index (χ1n) is 11.8. The lowest BCUT2D eigenvalue weighted by Gasteiger charge is -2.29. The summed E-state index contributed by atoms with van der Waals surface area (Å²) >= 11 is 0. The number of aliphatic carboxylic acids is 1. The summed E-state index contributed by atoms with van der Waals surface area (Å²) in [5, 5.41) is 30.2. The van der Waals surface area contributed by atoms with Gasteiger partial charge >= 0.3 is 5.97 Å². The number of carboxylic acids is 1. The molecule has 0 spiro atoms. The van der Waals surface area contributed by atoms with E-state index in [0.29, 0.717) is 44.4 Å². The van der Waals surface area contributed by atoms with E-state index in [1.165, 1.54) is 0 Å². The maximum Gasteiger partial charge on any atom is 0.303 e. The van der Waals surface area contributed by atoms with Gasteiger partial charge in [-0.1, -0.05) is 52.0 Å². The Morgan fingerprint density at radius 2 is 1.47 bits per heavy atom. The molecule has 0 saturated heterocycles. The molecule has 0 unspecified atom stereocenters. The molecule has 11 heteroatoms. The van der Waals surface area contributed by atoms with Gasteiger partial charge in [-0.3, -0.25) is 14.4 Å². The monoisotopic (exact) mass is 500 g/mol. The second-order valence-electron chi connectivity index (χ2n) is 10.4. The fourth-order valence-corrected chi connectivity index (χ4v) is 3.22. The molecular weight excluding hydrogens is 464 g/mol. The number of benzene rings is 1. The fourth-order valence-electron chi connectivity index (χ4n) is 3.22. The van der Waals surface area contributed by atoms with Crippen LogP contribution in [0.25, 0.3) is 11.4 Å². The number of hydrogen-bond donors (Lipinski definition) is 3. The van der Waals surface area contributed by atoms with Crippen molar-refractivity contribution in [3.05, 3.63) is 35.7 Å². The highest BCUT2D eigenvalue weighted by molar-refractivity contribution is 5.80. The topological polar surface area (TPSA) is 156 Å². The van der Waals surface area contributed by atoms with E-state index in [1.807, 2.05) is 52.0 Å². The molecule has 1 aromatic carbocycles. The van der Waals surface area contributed by atoms with Crippen LogP contribution >= 0.6 is 0 Å². The average molecular weight is 501 g/mol. The maximum atomic E-state index is 12.5. The predicted octanol–water partition coefficient (Wildman–Crippen LogP) is 2.30. The van der Waals surface area contributed by atoms with Crippen LogP contribution in [0.3, 0.4) is 0 Å². The lowest BCUT2D eigenvalue weighted by molar-refractivity contribution is -0.138. The third-order valence-corrected chi connectivity index (χ3v) is 5.24. The van der Waals surface area contributed by atoms with Crippen LogP contribution < -0.4 is 10.6 Å². The summed E-state index contributed by atoms with van der Waals surface area (Å²) in [6.07, 6.45) is 0.0583. The highest BCUT2D eigenvalue weighted by Crippen LogP contribution is 2.23. The van der Waals surface area contributed by atoms with Gasteiger partial charge in [-0.05, 0) is 17.9 Å². The molecule has 11 nitrogen and oxygen atoms in total. The van der Waals surface area contributed by atoms with Gasteiger partial charge in [-0.15, -0.1) is 20.4 Å². The van der Waals surface area contributed by atoms with Gasteiger partial charge in [0.15, 0.2) is 5.82 Å². The minimum absolute atomic E-state index is 0.0469. The van der Waals surface area contributed by atoms with Crippen LogP contribution in [0.4, 0.5) is 0 Å². The summed E-state index contributed by atoms with van der Waals surface area (Å²) in [6, 6.07) is 7.53. The van der Waals surface area contributed by atoms with Crippen molar-refractivity contribution in [2.75, 3.05) is 19.8 Å². The van der Waals surface area contributed by atoms with Crippen molar-refractivity contribution < 1.29 is 24.2 Å². The number of aromatic nitrogens is 4. The summed E-state index contributed by atoms with van der Waals surface area (Å²) in [7, 11) is 0. The minimum Gasteiger partial charge on any atom is -0.481 e. The van der Waals surface area contributed by atoms with E-state index in [2.05, 4.69) is 31.0 Å². The van der Waals surface area contributed by atoms with Crippen molar-refractivity contribution in [1.29, 1.82) is 0 Å². The quantitative estimate of drug-likeness (QED) is 0.354. The third-order valence-electron chi connectivity index (χ3n) is 5.24. The Bertz CT molecular complexity index is 1020. The summed E-state index contributed by atoms with van der Waals surface area (Å²) in [5.74, 6) is -0.418. The number of carbonyl (C=O) groups is 3. The van der Waals surface area contributed by atoms with E-state index < -0.39 is 5.97 Å². The van der Waals surface area contributed by atoms with Crippen LogP contribution in [0.5, 0.6) is 0 Å². The number of nitrogens with zero attached hydrogens (tertiary/aromatic N) is 4. The Balaban J connectivity index is 1.71. The van der Waals surface area contributed by atoms with Gasteiger partial charge in [0.05, 0.1) is 19.6 Å². The van der Waals surface area contributed by atoms with Crippen molar-refractivity contribution in [3.63, 3.8) is 0 Å². The molecule has 0 saturated carbocycles. The SMILES string of the molecule is Cc1nnc(-c2ccc(CNC(=O)CC(C)(C)COCC(C)(C)CNC(=O)CCC(=O)O)cc2)nn1. The van der Waals surface area contributed by atoms with E-state index >= 15 is 0 Å². The van der Waals surface area contributed by atoms with Crippen LogP contribution in [0.15, 0.2) is 24.3 Å². The number of carbonyl (C=O) groups excluding carboxylic acids is 2. The molecule has 0 aliphatic carbocycles. The molecule has 196 valence electrons. The predicted molar refractivity (Wildman–Crippen MR) is 133 cm³/mol. The first kappa shape index (κ1) is 28.8. The zero-order valence-electron chi connectivity index (χ0n) is 21.6. The summed E-state index contributed by atoms with van der Waals surface area (Å²) in [5.41, 5.74) is 1.03. The summed E-state index contributed by atoms with van der Waals surface area (Å²) in [6.45, 7) is 11.1. The number of ether oxygens (including phenoxy) is 1. The van der Waals surface area contributed by atoms with Crippen molar-refractivity contribution >= 4 is 17.8 Å². The number of amides is 2. The Morgan fingerprint density at radius 1 is 0.861 bits per heavy atom. The van der Waals surface area contributed by atoms with Gasteiger partial charge in [0, 0.05) is 36.9 Å². The number of carboxylic acid groups (broad SMARTS) is 1. The van der Waals surface area contributed by atoms with Crippen molar-refractivity contribution in [2.45, 2.75) is 60.4 Å². The van der Waals surface area contributed by atoms with Gasteiger partial charge in [-0.25, -0.2) is 0 Å². The molecular formula is C25H36N6O5. The van der Waals surface area contributed by atoms with E-state index in [1.54, 1.807) is 6.92 Å². The van der Waals surface area contributed by atoms with Crippen LogP contribution in [-0.4, -0.2) is 63.0 Å². The molecule has 2 amide bonds. The smallest absolute Gasteiger partial charge is 0.303 e. The molecule has 0 radical (unpaired) electrons. The normalized spacial score (nSPS) is 11.7. The number of hydrogen-bond acceptors (Lipinski definition) is 8. The molecule has 1 heterocycles. The van der Waals surface area contributed by atoms with E-state index in [0.717, 1.165) is 11.1 Å². The standard InChI is InChI=1S/C25H36N6O5/c1-17-28-30-23(31-29-17)19-8-6-18(7-9-19)13-26-21(33)12-24(2,3)15-36-16-25(4,5)14-27-20(32)10-11-22(34)35/h6-9H,10-16H2,1-5H3,(H,26,33)(H,27,32)(H,34,35). The zero-order valence-corrected chi connectivity index (χ0v) is 21.6. The van der Waals surface area contributed by atoms with E-state index in [9.17, 15) is 14.4 Å². The third kappa shape index (κ3) is 10.9. The van der Waals surface area contributed by atoms with Gasteiger partial charge in [0.1, 0.15) is 0 Å². The van der Waals surface area contributed by atoms with Crippen LogP contribution in [0, 0.1) is 17.8 Å². The van der Waals surface area contributed by atoms with Crippen LogP contribution in [0.1, 0.15) is 58.3 Å². The molecule has 0 aliphatic rings. The maximum absolute atomic E-state index is 12.5. The van der Waals surface area contributed by atoms with Gasteiger partial charge in [-0.2, -0.15) is 0 Å². The Kier molecular flexibility index (Phi) is 10.4.